The number of fused-ring (bicyclic) bond motifs is 2. The molecule has 1 aromatic carbocycles. The number of nitrogens with one attached hydrogen (secondary N) is 2. The molecule has 5 nitrogen and oxygen atoms in total. The Balaban J connectivity index is 0.00000272. The van der Waals surface area contributed by atoms with E-state index in [0.717, 1.165) is 31.1 Å². The highest BCUT2D eigenvalue weighted by Crippen LogP contribution is 2.62. The van der Waals surface area contributed by atoms with Gasteiger partial charge in [0.1, 0.15) is 6.61 Å². The van der Waals surface area contributed by atoms with Crippen LogP contribution in [0.1, 0.15) is 43.7 Å². The SMILES string of the molecule is CCNC(=NCc1ccc(COCC(F)(F)F)cc1)NC1C2CCOC2C12CCC2.I. The van der Waals surface area contributed by atoms with Gasteiger partial charge in [0.05, 0.1) is 19.3 Å². The fourth-order valence-electron chi connectivity index (χ4n) is 5.12. The van der Waals surface area contributed by atoms with Crippen molar-refractivity contribution in [2.24, 2.45) is 16.3 Å². The molecular formula is C22H31F3IN3O2. The van der Waals surface area contributed by atoms with Crippen LogP contribution in [0.15, 0.2) is 29.3 Å². The Labute approximate surface area is 198 Å². The van der Waals surface area contributed by atoms with E-state index >= 15 is 0 Å². The van der Waals surface area contributed by atoms with Crippen LogP contribution < -0.4 is 10.6 Å². The van der Waals surface area contributed by atoms with Crippen LogP contribution >= 0.6 is 24.0 Å². The minimum absolute atomic E-state index is 0. The topological polar surface area (TPSA) is 54.9 Å². The highest BCUT2D eigenvalue weighted by molar-refractivity contribution is 14.0. The van der Waals surface area contributed by atoms with Gasteiger partial charge in [0.2, 0.25) is 0 Å². The van der Waals surface area contributed by atoms with Gasteiger partial charge in [-0.1, -0.05) is 30.7 Å². The van der Waals surface area contributed by atoms with Crippen LogP contribution in [0.3, 0.4) is 0 Å². The highest BCUT2D eigenvalue weighted by atomic mass is 127. The molecule has 3 aliphatic rings. The number of aliphatic imine (C=N–C) groups is 1. The second-order valence-corrected chi connectivity index (χ2v) is 8.57. The van der Waals surface area contributed by atoms with Gasteiger partial charge in [0, 0.05) is 30.5 Å². The predicted molar refractivity (Wildman–Crippen MR) is 123 cm³/mol. The monoisotopic (exact) mass is 553 g/mol. The van der Waals surface area contributed by atoms with Crippen molar-refractivity contribution in [3.8, 4) is 0 Å². The first-order valence-electron chi connectivity index (χ1n) is 10.8. The van der Waals surface area contributed by atoms with Gasteiger partial charge >= 0.3 is 6.18 Å². The zero-order chi connectivity index (χ0) is 21.2. The van der Waals surface area contributed by atoms with Crippen molar-refractivity contribution in [3.05, 3.63) is 35.4 Å². The first kappa shape index (κ1) is 24.6. The van der Waals surface area contributed by atoms with E-state index in [1.807, 2.05) is 19.1 Å². The van der Waals surface area contributed by atoms with E-state index in [4.69, 9.17) is 14.5 Å². The van der Waals surface area contributed by atoms with Crippen LogP contribution in [0.2, 0.25) is 0 Å². The molecule has 2 saturated carbocycles. The number of hydrogen-bond donors (Lipinski definition) is 2. The van der Waals surface area contributed by atoms with E-state index in [1.165, 1.54) is 19.3 Å². The van der Waals surface area contributed by atoms with E-state index in [1.54, 1.807) is 12.1 Å². The van der Waals surface area contributed by atoms with Crippen LogP contribution in [-0.2, 0) is 22.6 Å². The lowest BCUT2D eigenvalue weighted by Crippen LogP contribution is -2.72. The number of ether oxygens (including phenoxy) is 2. The smallest absolute Gasteiger partial charge is 0.377 e. The summed E-state index contributed by atoms with van der Waals surface area (Å²) < 4.78 is 47.2. The third-order valence-corrected chi connectivity index (χ3v) is 6.65. The molecule has 0 radical (unpaired) electrons. The molecule has 31 heavy (non-hydrogen) atoms. The molecule has 1 heterocycles. The predicted octanol–water partition coefficient (Wildman–Crippen LogP) is 4.40. The Bertz CT molecular complexity index is 753. The van der Waals surface area contributed by atoms with Crippen molar-refractivity contribution in [2.75, 3.05) is 19.8 Å². The van der Waals surface area contributed by atoms with Gasteiger partial charge in [-0.2, -0.15) is 13.2 Å². The van der Waals surface area contributed by atoms with Gasteiger partial charge in [-0.25, -0.2) is 4.99 Å². The zero-order valence-corrected chi connectivity index (χ0v) is 20.0. The van der Waals surface area contributed by atoms with Gasteiger partial charge in [-0.3, -0.25) is 0 Å². The van der Waals surface area contributed by atoms with Gasteiger partial charge in [0.15, 0.2) is 5.96 Å². The molecule has 174 valence electrons. The summed E-state index contributed by atoms with van der Waals surface area (Å²) >= 11 is 0. The Morgan fingerprint density at radius 2 is 1.94 bits per heavy atom. The van der Waals surface area contributed by atoms with Gasteiger partial charge in [-0.15, -0.1) is 24.0 Å². The first-order chi connectivity index (χ1) is 14.4. The maximum absolute atomic E-state index is 12.2. The Kier molecular flexibility index (Phi) is 8.12. The summed E-state index contributed by atoms with van der Waals surface area (Å²) in [5.41, 5.74) is 2.00. The van der Waals surface area contributed by atoms with Crippen molar-refractivity contribution in [1.29, 1.82) is 0 Å². The number of halogens is 4. The molecule has 3 unspecified atom stereocenters. The summed E-state index contributed by atoms with van der Waals surface area (Å²) in [5.74, 6) is 1.39. The molecule has 9 heteroatoms. The largest absolute Gasteiger partial charge is 0.411 e. The van der Waals surface area contributed by atoms with Crippen molar-refractivity contribution in [2.45, 2.75) is 64.1 Å². The lowest BCUT2D eigenvalue weighted by Gasteiger charge is -2.63. The second kappa shape index (κ2) is 10.2. The van der Waals surface area contributed by atoms with Crippen LogP contribution in [-0.4, -0.2) is 44.0 Å². The van der Waals surface area contributed by atoms with E-state index < -0.39 is 12.8 Å². The maximum atomic E-state index is 12.2. The number of alkyl halides is 3. The molecule has 3 atom stereocenters. The number of rotatable bonds is 7. The highest BCUT2D eigenvalue weighted by Gasteiger charge is 2.66. The fourth-order valence-corrected chi connectivity index (χ4v) is 5.12. The minimum atomic E-state index is -4.30. The van der Waals surface area contributed by atoms with Gasteiger partial charge in [0.25, 0.3) is 0 Å². The normalized spacial score (nSPS) is 26.5. The molecule has 0 bridgehead atoms. The molecule has 1 spiro atoms. The standard InChI is InChI=1S/C22H30F3N3O2.HI/c1-2-26-20(28-18-17-8-11-30-19(17)21(18)9-3-10-21)27-12-15-4-6-16(7-5-15)13-29-14-22(23,24)25;/h4-7,17-19H,2-3,8-14H2,1H3,(H2,26,27,28);1H. The van der Waals surface area contributed by atoms with Crippen molar-refractivity contribution >= 4 is 29.9 Å². The van der Waals surface area contributed by atoms with E-state index in [2.05, 4.69) is 10.6 Å². The molecule has 3 fully saturated rings. The molecule has 4 rings (SSSR count). The average molecular weight is 553 g/mol. The number of benzene rings is 1. The number of nitrogens with zero attached hydrogens (tertiary/aromatic N) is 1. The van der Waals surface area contributed by atoms with Crippen LogP contribution in [0.4, 0.5) is 13.2 Å². The third kappa shape index (κ3) is 5.47. The first-order valence-corrected chi connectivity index (χ1v) is 10.8. The Morgan fingerprint density at radius 3 is 2.55 bits per heavy atom. The molecule has 2 aliphatic carbocycles. The molecule has 0 amide bonds. The minimum Gasteiger partial charge on any atom is -0.377 e. The summed E-state index contributed by atoms with van der Waals surface area (Å²) in [6.07, 6.45) is 0.956. The van der Waals surface area contributed by atoms with Crippen LogP contribution in [0.5, 0.6) is 0 Å². The van der Waals surface area contributed by atoms with E-state index in [-0.39, 0.29) is 36.0 Å². The average Bonchev–Trinajstić information content (AvgIpc) is 3.08. The van der Waals surface area contributed by atoms with E-state index in [9.17, 15) is 13.2 Å². The number of hydrogen-bond acceptors (Lipinski definition) is 3. The molecule has 1 saturated heterocycles. The molecule has 1 aromatic rings. The quantitative estimate of drug-likeness (QED) is 0.299. The molecule has 2 N–H and O–H groups in total. The van der Waals surface area contributed by atoms with Gasteiger partial charge in [-0.05, 0) is 37.3 Å². The van der Waals surface area contributed by atoms with Crippen molar-refractivity contribution in [1.82, 2.24) is 10.6 Å². The summed E-state index contributed by atoms with van der Waals surface area (Å²) in [5, 5.41) is 7.02. The molecular weight excluding hydrogens is 522 g/mol. The van der Waals surface area contributed by atoms with E-state index in [0.29, 0.717) is 30.2 Å². The number of guanidine groups is 1. The Hall–Kier alpha value is -1.07. The van der Waals surface area contributed by atoms with Crippen LogP contribution in [0, 0.1) is 11.3 Å². The summed E-state index contributed by atoms with van der Waals surface area (Å²) in [4.78, 5) is 4.74. The molecule has 1 aliphatic heterocycles. The third-order valence-electron chi connectivity index (χ3n) is 6.65. The van der Waals surface area contributed by atoms with Crippen LogP contribution in [0.25, 0.3) is 0 Å². The lowest BCUT2D eigenvalue weighted by atomic mass is 9.46. The van der Waals surface area contributed by atoms with Crippen molar-refractivity contribution < 1.29 is 22.6 Å². The molecule has 0 aromatic heterocycles. The Morgan fingerprint density at radius 1 is 1.23 bits per heavy atom. The van der Waals surface area contributed by atoms with Crippen molar-refractivity contribution in [3.63, 3.8) is 0 Å². The maximum Gasteiger partial charge on any atom is 0.411 e. The lowest BCUT2D eigenvalue weighted by molar-refractivity contribution is -0.176. The summed E-state index contributed by atoms with van der Waals surface area (Å²) in [7, 11) is 0. The summed E-state index contributed by atoms with van der Waals surface area (Å²) in [6.45, 7) is 2.92. The van der Waals surface area contributed by atoms with Gasteiger partial charge < -0.3 is 20.1 Å². The zero-order valence-electron chi connectivity index (χ0n) is 17.7. The fraction of sp³-hybridized carbons (Fsp3) is 0.682. The summed E-state index contributed by atoms with van der Waals surface area (Å²) in [6, 6.07) is 7.77. The second-order valence-electron chi connectivity index (χ2n) is 8.57.